The SMILES string of the molecule is CCOC(=O)/C(F)=C1/CCCOC1. The minimum Gasteiger partial charge on any atom is -0.461 e. The van der Waals surface area contributed by atoms with Crippen molar-refractivity contribution in [2.45, 2.75) is 19.8 Å². The van der Waals surface area contributed by atoms with Crippen LogP contribution in [0.2, 0.25) is 0 Å². The number of halogens is 1. The predicted octanol–water partition coefficient (Wildman–Crippen LogP) is 1.58. The molecule has 1 aliphatic rings. The van der Waals surface area contributed by atoms with Crippen molar-refractivity contribution in [3.05, 3.63) is 11.4 Å². The van der Waals surface area contributed by atoms with Crippen LogP contribution in [0.5, 0.6) is 0 Å². The standard InChI is InChI=1S/C9H13FO3/c1-2-13-9(11)8(10)7-4-3-5-12-6-7/h2-6H2,1H3/b8-7+. The molecule has 0 bridgehead atoms. The van der Waals surface area contributed by atoms with Gasteiger partial charge in [-0.1, -0.05) is 0 Å². The first-order chi connectivity index (χ1) is 6.25. The van der Waals surface area contributed by atoms with Gasteiger partial charge in [-0.2, -0.15) is 4.39 Å². The van der Waals surface area contributed by atoms with Gasteiger partial charge in [-0.3, -0.25) is 0 Å². The monoisotopic (exact) mass is 188 g/mol. The van der Waals surface area contributed by atoms with Gasteiger partial charge in [0.25, 0.3) is 0 Å². The Morgan fingerprint density at radius 2 is 2.46 bits per heavy atom. The lowest BCUT2D eigenvalue weighted by molar-refractivity contribution is -0.140. The molecule has 0 N–H and O–H groups in total. The molecule has 0 radical (unpaired) electrons. The van der Waals surface area contributed by atoms with E-state index in [1.807, 2.05) is 0 Å². The van der Waals surface area contributed by atoms with Crippen LogP contribution in [0.25, 0.3) is 0 Å². The van der Waals surface area contributed by atoms with Crippen molar-refractivity contribution in [3.63, 3.8) is 0 Å². The summed E-state index contributed by atoms with van der Waals surface area (Å²) >= 11 is 0. The van der Waals surface area contributed by atoms with E-state index in [1.165, 1.54) is 0 Å². The van der Waals surface area contributed by atoms with Crippen LogP contribution in [0.1, 0.15) is 19.8 Å². The highest BCUT2D eigenvalue weighted by Gasteiger charge is 2.18. The minimum atomic E-state index is -0.872. The maximum atomic E-state index is 13.2. The van der Waals surface area contributed by atoms with Crippen molar-refractivity contribution < 1.29 is 18.7 Å². The van der Waals surface area contributed by atoms with Gasteiger partial charge >= 0.3 is 5.97 Å². The highest BCUT2D eigenvalue weighted by molar-refractivity contribution is 5.86. The normalized spacial score (nSPS) is 21.1. The topological polar surface area (TPSA) is 35.5 Å². The molecule has 1 fully saturated rings. The Kier molecular flexibility index (Phi) is 3.89. The molecule has 0 amide bonds. The number of esters is 1. The largest absolute Gasteiger partial charge is 0.461 e. The molecule has 0 aromatic heterocycles. The summed E-state index contributed by atoms with van der Waals surface area (Å²) in [5, 5.41) is 0. The van der Waals surface area contributed by atoms with Crippen molar-refractivity contribution >= 4 is 5.97 Å². The molecule has 0 aliphatic carbocycles. The van der Waals surface area contributed by atoms with Gasteiger partial charge in [0.15, 0.2) is 0 Å². The van der Waals surface area contributed by atoms with Crippen molar-refractivity contribution in [1.29, 1.82) is 0 Å². The Bertz CT molecular complexity index is 215. The summed E-state index contributed by atoms with van der Waals surface area (Å²) in [7, 11) is 0. The van der Waals surface area contributed by atoms with E-state index in [1.54, 1.807) is 6.92 Å². The van der Waals surface area contributed by atoms with Gasteiger partial charge in [0.05, 0.1) is 13.2 Å². The first kappa shape index (κ1) is 10.2. The summed E-state index contributed by atoms with van der Waals surface area (Å²) in [4.78, 5) is 10.9. The lowest BCUT2D eigenvalue weighted by Gasteiger charge is -2.14. The zero-order valence-corrected chi connectivity index (χ0v) is 7.64. The van der Waals surface area contributed by atoms with Crippen LogP contribution >= 0.6 is 0 Å². The average Bonchev–Trinajstić information content (AvgIpc) is 2.18. The number of carbonyl (C=O) groups excluding carboxylic acids is 1. The molecule has 74 valence electrons. The van der Waals surface area contributed by atoms with Crippen LogP contribution in [0.15, 0.2) is 11.4 Å². The van der Waals surface area contributed by atoms with Crippen molar-refractivity contribution in [2.75, 3.05) is 19.8 Å². The van der Waals surface area contributed by atoms with E-state index in [0.29, 0.717) is 18.6 Å². The molecule has 0 aromatic carbocycles. The number of hydrogen-bond donors (Lipinski definition) is 0. The van der Waals surface area contributed by atoms with Gasteiger partial charge in [0, 0.05) is 6.61 Å². The van der Waals surface area contributed by atoms with Gasteiger partial charge in [-0.25, -0.2) is 4.79 Å². The predicted molar refractivity (Wildman–Crippen MR) is 44.8 cm³/mol. The Balaban J connectivity index is 2.60. The summed E-state index contributed by atoms with van der Waals surface area (Å²) in [6, 6.07) is 0. The maximum absolute atomic E-state index is 13.2. The quantitative estimate of drug-likeness (QED) is 0.487. The molecule has 3 nitrogen and oxygen atoms in total. The number of rotatable bonds is 2. The molecule has 1 saturated heterocycles. The average molecular weight is 188 g/mol. The van der Waals surface area contributed by atoms with Gasteiger partial charge < -0.3 is 9.47 Å². The van der Waals surface area contributed by atoms with Crippen LogP contribution in [0.3, 0.4) is 0 Å². The molecule has 4 heteroatoms. The summed E-state index contributed by atoms with van der Waals surface area (Å²) in [6.45, 7) is 2.69. The summed E-state index contributed by atoms with van der Waals surface area (Å²) in [6.07, 6.45) is 1.35. The van der Waals surface area contributed by atoms with E-state index in [0.717, 1.165) is 6.42 Å². The molecule has 0 saturated carbocycles. The number of hydrogen-bond acceptors (Lipinski definition) is 3. The van der Waals surface area contributed by atoms with Crippen LogP contribution in [-0.4, -0.2) is 25.8 Å². The second kappa shape index (κ2) is 4.97. The fourth-order valence-electron chi connectivity index (χ4n) is 1.17. The first-order valence-electron chi connectivity index (χ1n) is 4.38. The zero-order valence-electron chi connectivity index (χ0n) is 7.64. The number of ether oxygens (including phenoxy) is 2. The molecular weight excluding hydrogens is 175 g/mol. The number of carbonyl (C=O) groups is 1. The second-order valence-electron chi connectivity index (χ2n) is 2.79. The van der Waals surface area contributed by atoms with Crippen LogP contribution in [-0.2, 0) is 14.3 Å². The van der Waals surface area contributed by atoms with Crippen molar-refractivity contribution in [2.24, 2.45) is 0 Å². The van der Waals surface area contributed by atoms with E-state index in [-0.39, 0.29) is 13.2 Å². The molecular formula is C9H13FO3. The molecule has 0 aromatic rings. The fourth-order valence-corrected chi connectivity index (χ4v) is 1.17. The first-order valence-corrected chi connectivity index (χ1v) is 4.38. The van der Waals surface area contributed by atoms with Crippen LogP contribution in [0, 0.1) is 0 Å². The Hall–Kier alpha value is -0.900. The molecule has 13 heavy (non-hydrogen) atoms. The van der Waals surface area contributed by atoms with Crippen LogP contribution in [0.4, 0.5) is 4.39 Å². The van der Waals surface area contributed by atoms with Gasteiger partial charge in [-0.05, 0) is 25.3 Å². The molecule has 0 atom stereocenters. The highest BCUT2D eigenvalue weighted by Crippen LogP contribution is 2.18. The van der Waals surface area contributed by atoms with E-state index in [9.17, 15) is 9.18 Å². The molecule has 0 unspecified atom stereocenters. The lowest BCUT2D eigenvalue weighted by Crippen LogP contribution is -2.14. The van der Waals surface area contributed by atoms with Crippen molar-refractivity contribution in [1.82, 2.24) is 0 Å². The van der Waals surface area contributed by atoms with Gasteiger partial charge in [-0.15, -0.1) is 0 Å². The van der Waals surface area contributed by atoms with Crippen LogP contribution < -0.4 is 0 Å². The molecule has 0 spiro atoms. The smallest absolute Gasteiger partial charge is 0.367 e. The molecule has 1 aliphatic heterocycles. The Labute approximate surface area is 76.5 Å². The Morgan fingerprint density at radius 3 is 3.00 bits per heavy atom. The summed E-state index contributed by atoms with van der Waals surface area (Å²) in [5.74, 6) is -1.65. The highest BCUT2D eigenvalue weighted by atomic mass is 19.1. The van der Waals surface area contributed by atoms with Gasteiger partial charge in [0.1, 0.15) is 0 Å². The fraction of sp³-hybridized carbons (Fsp3) is 0.667. The van der Waals surface area contributed by atoms with E-state index in [4.69, 9.17) is 4.74 Å². The molecule has 1 rings (SSSR count). The third-order valence-electron chi connectivity index (χ3n) is 1.81. The minimum absolute atomic E-state index is 0.195. The molecule has 1 heterocycles. The summed E-state index contributed by atoms with van der Waals surface area (Å²) < 4.78 is 22.7. The third kappa shape index (κ3) is 2.81. The van der Waals surface area contributed by atoms with Gasteiger partial charge in [0.2, 0.25) is 5.83 Å². The summed E-state index contributed by atoms with van der Waals surface area (Å²) in [5.41, 5.74) is 0.421. The van der Waals surface area contributed by atoms with E-state index in [2.05, 4.69) is 4.74 Å². The third-order valence-corrected chi connectivity index (χ3v) is 1.81. The Morgan fingerprint density at radius 1 is 1.69 bits per heavy atom. The lowest BCUT2D eigenvalue weighted by atomic mass is 10.1. The van der Waals surface area contributed by atoms with E-state index >= 15 is 0 Å². The maximum Gasteiger partial charge on any atom is 0.367 e. The van der Waals surface area contributed by atoms with E-state index < -0.39 is 11.8 Å². The zero-order chi connectivity index (χ0) is 9.68. The second-order valence-corrected chi connectivity index (χ2v) is 2.79. The van der Waals surface area contributed by atoms with Crippen molar-refractivity contribution in [3.8, 4) is 0 Å².